The number of benzene rings is 2. The largest absolute Gasteiger partial charge is 0.488 e. The first-order valence-corrected chi connectivity index (χ1v) is 8.68. The van der Waals surface area contributed by atoms with Crippen molar-refractivity contribution in [3.63, 3.8) is 0 Å². The monoisotopic (exact) mass is 348 g/mol. The van der Waals surface area contributed by atoms with Gasteiger partial charge in [0.05, 0.1) is 17.3 Å². The average molecular weight is 348 g/mol. The van der Waals surface area contributed by atoms with E-state index < -0.39 is 22.6 Å². The van der Waals surface area contributed by atoms with Crippen LogP contribution in [-0.4, -0.2) is 22.9 Å². The molecule has 0 spiro atoms. The van der Waals surface area contributed by atoms with Crippen molar-refractivity contribution < 1.29 is 18.1 Å². The van der Waals surface area contributed by atoms with E-state index in [1.165, 1.54) is 18.2 Å². The summed E-state index contributed by atoms with van der Waals surface area (Å²) in [5, 5.41) is 2.53. The summed E-state index contributed by atoms with van der Waals surface area (Å²) in [6, 6.07) is 10.5. The maximum absolute atomic E-state index is 13.3. The number of carbonyl (C=O) groups is 1. The Kier molecular flexibility index (Phi) is 4.80. The summed E-state index contributed by atoms with van der Waals surface area (Å²) in [6.45, 7) is 0.325. The fourth-order valence-corrected chi connectivity index (χ4v) is 3.70. The third-order valence-corrected chi connectivity index (χ3v) is 5.16. The third-order valence-electron chi connectivity index (χ3n) is 3.80. The van der Waals surface area contributed by atoms with Crippen LogP contribution in [0.3, 0.4) is 0 Å². The van der Waals surface area contributed by atoms with Crippen LogP contribution in [0.1, 0.15) is 12.0 Å². The van der Waals surface area contributed by atoms with Gasteiger partial charge in [-0.3, -0.25) is 0 Å². The first kappa shape index (κ1) is 16.4. The number of fused-ring (bicyclic) bond motifs is 1. The zero-order chi connectivity index (χ0) is 17.1. The van der Waals surface area contributed by atoms with Crippen molar-refractivity contribution >= 4 is 16.8 Å². The minimum absolute atomic E-state index is 0.178. The molecule has 2 aromatic rings. The van der Waals surface area contributed by atoms with Gasteiger partial charge in [-0.05, 0) is 48.7 Å². The van der Waals surface area contributed by atoms with Gasteiger partial charge >= 0.3 is 6.03 Å². The molecular formula is C17H17FN2O3S. The predicted octanol–water partition coefficient (Wildman–Crippen LogP) is 2.35. The van der Waals surface area contributed by atoms with E-state index in [9.17, 15) is 13.4 Å². The quantitative estimate of drug-likeness (QED) is 0.890. The Hall–Kier alpha value is -2.41. The maximum Gasteiger partial charge on any atom is 0.312 e. The number of halogens is 1. The minimum atomic E-state index is -1.49. The number of nitrogens with two attached hydrogens (primary N) is 1. The molecular weight excluding hydrogens is 331 g/mol. The van der Waals surface area contributed by atoms with Crippen molar-refractivity contribution in [2.24, 2.45) is 5.73 Å². The molecule has 0 aromatic heterocycles. The van der Waals surface area contributed by atoms with Gasteiger partial charge in [0.25, 0.3) is 0 Å². The van der Waals surface area contributed by atoms with Gasteiger partial charge < -0.3 is 15.8 Å². The molecule has 0 aliphatic carbocycles. The van der Waals surface area contributed by atoms with Gasteiger partial charge in [0.15, 0.2) is 0 Å². The lowest BCUT2D eigenvalue weighted by Crippen LogP contribution is -2.39. The lowest BCUT2D eigenvalue weighted by molar-refractivity contribution is 0.170. The molecule has 1 heterocycles. The van der Waals surface area contributed by atoms with Gasteiger partial charge in [0, 0.05) is 9.79 Å². The topological polar surface area (TPSA) is 81.4 Å². The number of hydrogen-bond acceptors (Lipinski definition) is 3. The summed E-state index contributed by atoms with van der Waals surface area (Å²) in [7, 11) is -1.49. The number of aryl methyl sites for hydroxylation is 1. The highest BCUT2D eigenvalue weighted by molar-refractivity contribution is 7.85. The second-order valence-electron chi connectivity index (χ2n) is 5.52. The van der Waals surface area contributed by atoms with E-state index in [1.807, 2.05) is 6.07 Å². The van der Waals surface area contributed by atoms with E-state index in [-0.39, 0.29) is 6.10 Å². The molecule has 7 heteroatoms. The number of ether oxygens (including phenoxy) is 1. The molecule has 2 atom stereocenters. The Morgan fingerprint density at radius 2 is 2.08 bits per heavy atom. The highest BCUT2D eigenvalue weighted by Gasteiger charge is 2.21. The molecule has 2 aromatic carbocycles. The van der Waals surface area contributed by atoms with Crippen LogP contribution in [-0.2, 0) is 17.2 Å². The molecule has 0 radical (unpaired) electrons. The first-order valence-electron chi connectivity index (χ1n) is 7.53. The fraction of sp³-hybridized carbons (Fsp3) is 0.235. The molecule has 2 amide bonds. The number of carbonyl (C=O) groups excluding carboxylic acids is 1. The summed E-state index contributed by atoms with van der Waals surface area (Å²) in [5.74, 6) is 0.215. The summed E-state index contributed by atoms with van der Waals surface area (Å²) in [5.41, 5.74) is 6.09. The average Bonchev–Trinajstić information content (AvgIpc) is 2.58. The Labute approximate surface area is 141 Å². The van der Waals surface area contributed by atoms with E-state index in [0.717, 1.165) is 18.4 Å². The number of hydrogen-bond donors (Lipinski definition) is 2. The van der Waals surface area contributed by atoms with Crippen LogP contribution in [0.15, 0.2) is 52.3 Å². The SMILES string of the molecule is NC(=O)NC[C@H]1CCc2ccc(S(=O)c3cccc(F)c3)cc2O1. The van der Waals surface area contributed by atoms with Gasteiger partial charge in [0.2, 0.25) is 0 Å². The first-order chi connectivity index (χ1) is 11.5. The van der Waals surface area contributed by atoms with Crippen LogP contribution >= 0.6 is 0 Å². The summed E-state index contributed by atoms with van der Waals surface area (Å²) in [4.78, 5) is 11.7. The third kappa shape index (κ3) is 3.73. The number of rotatable bonds is 4. The van der Waals surface area contributed by atoms with Crippen LogP contribution in [0, 0.1) is 5.82 Å². The van der Waals surface area contributed by atoms with Crippen LogP contribution in [0.25, 0.3) is 0 Å². The molecule has 3 rings (SSSR count). The zero-order valence-corrected chi connectivity index (χ0v) is 13.6. The molecule has 1 aliphatic heterocycles. The van der Waals surface area contributed by atoms with E-state index in [4.69, 9.17) is 10.5 Å². The second-order valence-corrected chi connectivity index (χ2v) is 7.00. The number of nitrogens with one attached hydrogen (secondary N) is 1. The number of amides is 2. The van der Waals surface area contributed by atoms with Crippen molar-refractivity contribution in [3.8, 4) is 5.75 Å². The Morgan fingerprint density at radius 3 is 2.83 bits per heavy atom. The maximum atomic E-state index is 13.3. The molecule has 1 aliphatic rings. The van der Waals surface area contributed by atoms with Gasteiger partial charge in [-0.25, -0.2) is 13.4 Å². The lowest BCUT2D eigenvalue weighted by Gasteiger charge is -2.26. The van der Waals surface area contributed by atoms with E-state index in [0.29, 0.717) is 22.1 Å². The van der Waals surface area contributed by atoms with E-state index in [1.54, 1.807) is 18.2 Å². The number of primary amides is 1. The summed E-state index contributed by atoms with van der Waals surface area (Å²) in [6.07, 6.45) is 1.38. The Balaban J connectivity index is 1.79. The van der Waals surface area contributed by atoms with E-state index >= 15 is 0 Å². The molecule has 0 saturated heterocycles. The molecule has 3 N–H and O–H groups in total. The van der Waals surface area contributed by atoms with Crippen LogP contribution in [0.4, 0.5) is 9.18 Å². The standard InChI is InChI=1S/C17H17FN2O3S/c18-12-2-1-3-14(8-12)24(22)15-7-5-11-4-6-13(10-20-17(19)21)23-16(11)9-15/h1-3,5,7-9,13H,4,6,10H2,(H3,19,20,21)/t13-,24?/m1/s1. The van der Waals surface area contributed by atoms with Gasteiger partial charge in [-0.2, -0.15) is 0 Å². The van der Waals surface area contributed by atoms with Crippen LogP contribution in [0.2, 0.25) is 0 Å². The predicted molar refractivity (Wildman–Crippen MR) is 87.8 cm³/mol. The zero-order valence-electron chi connectivity index (χ0n) is 12.8. The van der Waals surface area contributed by atoms with Crippen molar-refractivity contribution in [3.05, 3.63) is 53.8 Å². The molecule has 24 heavy (non-hydrogen) atoms. The fourth-order valence-electron chi connectivity index (χ4n) is 2.60. The van der Waals surface area contributed by atoms with Crippen molar-refractivity contribution in [1.82, 2.24) is 5.32 Å². The highest BCUT2D eigenvalue weighted by Crippen LogP contribution is 2.31. The van der Waals surface area contributed by atoms with Gasteiger partial charge in [0.1, 0.15) is 17.7 Å². The molecule has 5 nitrogen and oxygen atoms in total. The van der Waals surface area contributed by atoms with Gasteiger partial charge in [-0.1, -0.05) is 12.1 Å². The highest BCUT2D eigenvalue weighted by atomic mass is 32.2. The normalized spacial score (nSPS) is 17.5. The van der Waals surface area contributed by atoms with Gasteiger partial charge in [-0.15, -0.1) is 0 Å². The minimum Gasteiger partial charge on any atom is -0.488 e. The van der Waals surface area contributed by atoms with Crippen LogP contribution in [0.5, 0.6) is 5.75 Å². The Morgan fingerprint density at radius 1 is 1.29 bits per heavy atom. The van der Waals surface area contributed by atoms with Crippen molar-refractivity contribution in [1.29, 1.82) is 0 Å². The Bertz CT molecular complexity index is 797. The lowest BCUT2D eigenvalue weighted by atomic mass is 10.0. The molecule has 0 bridgehead atoms. The van der Waals surface area contributed by atoms with E-state index in [2.05, 4.69) is 5.32 Å². The smallest absolute Gasteiger partial charge is 0.312 e. The molecule has 126 valence electrons. The molecule has 1 unspecified atom stereocenters. The van der Waals surface area contributed by atoms with Crippen molar-refractivity contribution in [2.45, 2.75) is 28.7 Å². The van der Waals surface area contributed by atoms with Crippen molar-refractivity contribution in [2.75, 3.05) is 6.54 Å². The molecule has 0 fully saturated rings. The van der Waals surface area contributed by atoms with Crippen LogP contribution < -0.4 is 15.8 Å². The summed E-state index contributed by atoms with van der Waals surface area (Å²) >= 11 is 0. The second kappa shape index (κ2) is 7.00. The molecule has 0 saturated carbocycles. The summed E-state index contributed by atoms with van der Waals surface area (Å²) < 4.78 is 31.8. The number of urea groups is 1.